The molecule has 3 N–H and O–H groups in total. The third-order valence-electron chi connectivity index (χ3n) is 4.90. The molecular formula is C22H26N2O3. The summed E-state index contributed by atoms with van der Waals surface area (Å²) in [5, 5.41) is 1.21. The van der Waals surface area contributed by atoms with Crippen molar-refractivity contribution in [2.45, 2.75) is 26.2 Å². The van der Waals surface area contributed by atoms with Gasteiger partial charge in [0.2, 0.25) is 0 Å². The van der Waals surface area contributed by atoms with Crippen LogP contribution in [-0.2, 0) is 6.42 Å². The van der Waals surface area contributed by atoms with Crippen molar-refractivity contribution >= 4 is 10.9 Å². The molecule has 3 aromatic rings. The first-order valence-electron chi connectivity index (χ1n) is 9.67. The summed E-state index contributed by atoms with van der Waals surface area (Å²) in [6, 6.07) is 12.4. The number of benzene rings is 2. The Morgan fingerprint density at radius 3 is 2.70 bits per heavy atom. The molecule has 0 saturated carbocycles. The molecule has 0 radical (unpaired) electrons. The third-order valence-corrected chi connectivity index (χ3v) is 4.90. The number of hydrogen-bond donors (Lipinski definition) is 2. The molecule has 1 aliphatic heterocycles. The number of aromatic nitrogens is 1. The van der Waals surface area contributed by atoms with Crippen molar-refractivity contribution in [3.63, 3.8) is 0 Å². The molecule has 0 bridgehead atoms. The van der Waals surface area contributed by atoms with E-state index in [1.54, 1.807) is 0 Å². The maximum Gasteiger partial charge on any atom is 0.162 e. The van der Waals surface area contributed by atoms with Gasteiger partial charge in [0.1, 0.15) is 19.0 Å². The number of aryl methyl sites for hydroxylation is 1. The van der Waals surface area contributed by atoms with E-state index in [0.717, 1.165) is 53.3 Å². The van der Waals surface area contributed by atoms with E-state index in [9.17, 15) is 0 Å². The second kappa shape index (κ2) is 7.92. The van der Waals surface area contributed by atoms with Crippen molar-refractivity contribution in [3.05, 3.63) is 42.0 Å². The minimum absolute atomic E-state index is 0.588. The molecule has 5 nitrogen and oxygen atoms in total. The highest BCUT2D eigenvalue weighted by Crippen LogP contribution is 2.38. The Morgan fingerprint density at radius 1 is 1.04 bits per heavy atom. The Balaban J connectivity index is 1.79. The summed E-state index contributed by atoms with van der Waals surface area (Å²) >= 11 is 0. The molecule has 0 aliphatic carbocycles. The van der Waals surface area contributed by atoms with Crippen LogP contribution in [0.1, 0.15) is 25.3 Å². The number of H-pyrrole nitrogens is 1. The van der Waals surface area contributed by atoms with Crippen molar-refractivity contribution in [1.82, 2.24) is 4.98 Å². The van der Waals surface area contributed by atoms with Crippen LogP contribution in [0.5, 0.6) is 17.2 Å². The normalized spacial score (nSPS) is 13.1. The number of nitrogens with two attached hydrogens (primary N) is 1. The largest absolute Gasteiger partial charge is 0.494 e. The lowest BCUT2D eigenvalue weighted by atomic mass is 10.00. The quantitative estimate of drug-likeness (QED) is 0.612. The number of aromatic amines is 1. The average Bonchev–Trinajstić information content (AvgIpc) is 3.06. The van der Waals surface area contributed by atoms with Gasteiger partial charge >= 0.3 is 0 Å². The van der Waals surface area contributed by atoms with Crippen LogP contribution in [0.4, 0.5) is 0 Å². The Morgan fingerprint density at radius 2 is 1.89 bits per heavy atom. The van der Waals surface area contributed by atoms with Crippen molar-refractivity contribution in [1.29, 1.82) is 0 Å². The van der Waals surface area contributed by atoms with E-state index < -0.39 is 0 Å². The lowest BCUT2D eigenvalue weighted by molar-refractivity contribution is 0.171. The van der Waals surface area contributed by atoms with Crippen LogP contribution in [0.3, 0.4) is 0 Å². The molecule has 0 saturated heterocycles. The second-order valence-corrected chi connectivity index (χ2v) is 6.72. The lowest BCUT2D eigenvalue weighted by Crippen LogP contribution is -2.15. The summed E-state index contributed by atoms with van der Waals surface area (Å²) < 4.78 is 17.1. The Kier molecular flexibility index (Phi) is 5.21. The molecule has 0 fully saturated rings. The van der Waals surface area contributed by atoms with Gasteiger partial charge in [0, 0.05) is 22.2 Å². The highest BCUT2D eigenvalue weighted by Gasteiger charge is 2.17. The smallest absolute Gasteiger partial charge is 0.162 e. The Bertz CT molecular complexity index is 933. The summed E-state index contributed by atoms with van der Waals surface area (Å²) in [6.45, 7) is 4.57. The maximum absolute atomic E-state index is 5.77. The van der Waals surface area contributed by atoms with E-state index in [1.165, 1.54) is 10.9 Å². The van der Waals surface area contributed by atoms with Crippen molar-refractivity contribution < 1.29 is 14.2 Å². The van der Waals surface area contributed by atoms with E-state index in [-0.39, 0.29) is 0 Å². The highest BCUT2D eigenvalue weighted by molar-refractivity contribution is 5.92. The van der Waals surface area contributed by atoms with Crippen LogP contribution in [0.15, 0.2) is 36.4 Å². The zero-order valence-corrected chi connectivity index (χ0v) is 15.7. The van der Waals surface area contributed by atoms with Crippen LogP contribution < -0.4 is 19.9 Å². The first-order chi connectivity index (χ1) is 13.3. The van der Waals surface area contributed by atoms with Crippen LogP contribution in [0.25, 0.3) is 22.2 Å². The van der Waals surface area contributed by atoms with Crippen LogP contribution in [0, 0.1) is 0 Å². The minimum atomic E-state index is 0.588. The SMILES string of the molecule is CCOc1ccc2[nH]c(-c3ccc4c(c3)OCCO4)c(CCCCN)c2c1. The van der Waals surface area contributed by atoms with Gasteiger partial charge in [-0.3, -0.25) is 0 Å². The molecule has 0 atom stereocenters. The molecule has 4 rings (SSSR count). The number of unbranched alkanes of at least 4 members (excludes halogenated alkanes) is 1. The zero-order valence-electron chi connectivity index (χ0n) is 15.7. The van der Waals surface area contributed by atoms with Gasteiger partial charge in [0.15, 0.2) is 11.5 Å². The summed E-state index contributed by atoms with van der Waals surface area (Å²) in [6.07, 6.45) is 3.04. The molecule has 0 spiro atoms. The van der Waals surface area contributed by atoms with Gasteiger partial charge in [0.05, 0.1) is 6.61 Å². The maximum atomic E-state index is 5.77. The van der Waals surface area contributed by atoms with Gasteiger partial charge in [-0.25, -0.2) is 0 Å². The molecule has 1 aliphatic rings. The number of nitrogens with one attached hydrogen (secondary N) is 1. The van der Waals surface area contributed by atoms with Crippen LogP contribution in [0.2, 0.25) is 0 Å². The Labute approximate surface area is 159 Å². The standard InChI is InChI=1S/C22H26N2O3/c1-2-25-16-7-8-19-18(14-16)17(5-3-4-10-23)22(24-19)15-6-9-20-21(13-15)27-12-11-26-20/h6-9,13-14,24H,2-5,10-12,23H2,1H3. The number of fused-ring (bicyclic) bond motifs is 2. The fourth-order valence-corrected chi connectivity index (χ4v) is 3.63. The zero-order chi connectivity index (χ0) is 18.6. The predicted octanol–water partition coefficient (Wildman–Crippen LogP) is 4.29. The van der Waals surface area contributed by atoms with E-state index in [2.05, 4.69) is 29.2 Å². The van der Waals surface area contributed by atoms with Gasteiger partial charge in [-0.15, -0.1) is 0 Å². The molecule has 142 valence electrons. The van der Waals surface area contributed by atoms with E-state index in [1.807, 2.05) is 19.1 Å². The second-order valence-electron chi connectivity index (χ2n) is 6.72. The van der Waals surface area contributed by atoms with E-state index in [0.29, 0.717) is 26.4 Å². The molecule has 2 aromatic carbocycles. The number of hydrogen-bond acceptors (Lipinski definition) is 4. The monoisotopic (exact) mass is 366 g/mol. The van der Waals surface area contributed by atoms with Gasteiger partial charge in [-0.05, 0) is 74.7 Å². The summed E-state index contributed by atoms with van der Waals surface area (Å²) in [5.74, 6) is 2.52. The average molecular weight is 366 g/mol. The van der Waals surface area contributed by atoms with Crippen molar-refractivity contribution in [3.8, 4) is 28.5 Å². The topological polar surface area (TPSA) is 69.5 Å². The summed E-state index contributed by atoms with van der Waals surface area (Å²) in [5.41, 5.74) is 10.4. The lowest BCUT2D eigenvalue weighted by Gasteiger charge is -2.19. The Hall–Kier alpha value is -2.66. The fourth-order valence-electron chi connectivity index (χ4n) is 3.63. The number of rotatable bonds is 7. The first kappa shape index (κ1) is 17.7. The molecule has 0 unspecified atom stereocenters. The summed E-state index contributed by atoms with van der Waals surface area (Å²) in [4.78, 5) is 3.60. The van der Waals surface area contributed by atoms with E-state index in [4.69, 9.17) is 19.9 Å². The fraction of sp³-hybridized carbons (Fsp3) is 0.364. The molecular weight excluding hydrogens is 340 g/mol. The molecule has 27 heavy (non-hydrogen) atoms. The number of ether oxygens (including phenoxy) is 3. The molecule has 2 heterocycles. The van der Waals surface area contributed by atoms with Crippen LogP contribution in [-0.4, -0.2) is 31.3 Å². The van der Waals surface area contributed by atoms with Gasteiger partial charge in [-0.2, -0.15) is 0 Å². The van der Waals surface area contributed by atoms with E-state index >= 15 is 0 Å². The van der Waals surface area contributed by atoms with Crippen molar-refractivity contribution in [2.75, 3.05) is 26.4 Å². The van der Waals surface area contributed by atoms with Crippen molar-refractivity contribution in [2.24, 2.45) is 5.73 Å². The van der Waals surface area contributed by atoms with Crippen LogP contribution >= 0.6 is 0 Å². The molecule has 0 amide bonds. The van der Waals surface area contributed by atoms with Gasteiger partial charge in [0.25, 0.3) is 0 Å². The third kappa shape index (κ3) is 3.60. The minimum Gasteiger partial charge on any atom is -0.494 e. The first-order valence-corrected chi connectivity index (χ1v) is 9.67. The van der Waals surface area contributed by atoms with Gasteiger partial charge < -0.3 is 24.9 Å². The van der Waals surface area contributed by atoms with Gasteiger partial charge in [-0.1, -0.05) is 0 Å². The molecule has 1 aromatic heterocycles. The summed E-state index contributed by atoms with van der Waals surface area (Å²) in [7, 11) is 0. The predicted molar refractivity (Wildman–Crippen MR) is 108 cm³/mol. The highest BCUT2D eigenvalue weighted by atomic mass is 16.6. The molecule has 5 heteroatoms.